The molecule has 3 N–H and O–H groups in total. The van der Waals surface area contributed by atoms with Crippen molar-refractivity contribution >= 4 is 11.8 Å². The first-order valence-corrected chi connectivity index (χ1v) is 10.6. The summed E-state index contributed by atoms with van der Waals surface area (Å²) in [6, 6.07) is 1.91. The molecule has 0 aromatic rings. The van der Waals surface area contributed by atoms with Crippen LogP contribution in [-0.2, 0) is 9.59 Å². The zero-order chi connectivity index (χ0) is 16.7. The molecule has 25 heavy (non-hydrogen) atoms. The van der Waals surface area contributed by atoms with Crippen LogP contribution in [0.25, 0.3) is 0 Å². The van der Waals surface area contributed by atoms with Crippen molar-refractivity contribution in [1.82, 2.24) is 16.0 Å². The molecule has 3 saturated heterocycles. The minimum Gasteiger partial charge on any atom is -0.309 e. The van der Waals surface area contributed by atoms with Crippen molar-refractivity contribution in [2.24, 2.45) is 35.5 Å². The molecule has 3 heterocycles. The Labute approximate surface area is 149 Å². The number of fused-ring (bicyclic) bond motifs is 10. The van der Waals surface area contributed by atoms with Crippen molar-refractivity contribution in [1.29, 1.82) is 0 Å². The third-order valence-corrected chi connectivity index (χ3v) is 8.73. The first-order chi connectivity index (χ1) is 12.2. The summed E-state index contributed by atoms with van der Waals surface area (Å²) in [5.41, 5.74) is 0. The molecule has 10 atom stereocenters. The molecule has 6 fully saturated rings. The summed E-state index contributed by atoms with van der Waals surface area (Å²) in [7, 11) is 0. The highest BCUT2D eigenvalue weighted by molar-refractivity contribution is 6.05. The van der Waals surface area contributed by atoms with Gasteiger partial charge in [-0.1, -0.05) is 25.7 Å². The fourth-order valence-corrected chi connectivity index (χ4v) is 8.01. The van der Waals surface area contributed by atoms with Gasteiger partial charge in [0.25, 0.3) is 0 Å². The molecule has 5 nitrogen and oxygen atoms in total. The lowest BCUT2D eigenvalue weighted by molar-refractivity contribution is -0.128. The Morgan fingerprint density at radius 2 is 1.08 bits per heavy atom. The van der Waals surface area contributed by atoms with Gasteiger partial charge >= 0.3 is 0 Å². The molecule has 0 radical (unpaired) electrons. The van der Waals surface area contributed by atoms with E-state index in [0.717, 1.165) is 0 Å². The Morgan fingerprint density at radius 1 is 0.640 bits per heavy atom. The van der Waals surface area contributed by atoms with E-state index >= 15 is 0 Å². The Hall–Kier alpha value is -0.940. The van der Waals surface area contributed by atoms with Crippen LogP contribution in [0.15, 0.2) is 0 Å². The molecule has 0 aromatic carbocycles. The molecule has 0 spiro atoms. The largest absolute Gasteiger partial charge is 0.309 e. The summed E-state index contributed by atoms with van der Waals surface area (Å²) in [6.45, 7) is 0. The van der Waals surface area contributed by atoms with Gasteiger partial charge in [-0.05, 0) is 49.4 Å². The molecule has 3 saturated carbocycles. The average Bonchev–Trinajstić information content (AvgIpc) is 3.26. The van der Waals surface area contributed by atoms with Crippen molar-refractivity contribution in [2.75, 3.05) is 0 Å². The highest BCUT2D eigenvalue weighted by Gasteiger charge is 2.67. The number of hydrogen-bond acceptors (Lipinski definition) is 4. The molecule has 5 heteroatoms. The van der Waals surface area contributed by atoms with Crippen LogP contribution < -0.4 is 16.0 Å². The van der Waals surface area contributed by atoms with Crippen LogP contribution in [0.2, 0.25) is 0 Å². The number of hydrogen-bond donors (Lipinski definition) is 3. The molecule has 3 aliphatic heterocycles. The second kappa shape index (κ2) is 5.29. The van der Waals surface area contributed by atoms with Crippen molar-refractivity contribution in [3.8, 4) is 0 Å². The molecular weight excluding hydrogens is 314 g/mol. The highest BCUT2D eigenvalue weighted by atomic mass is 16.2. The van der Waals surface area contributed by atoms with Crippen LogP contribution in [0.5, 0.6) is 0 Å². The van der Waals surface area contributed by atoms with Gasteiger partial charge in [0.2, 0.25) is 11.8 Å². The van der Waals surface area contributed by atoms with E-state index in [4.69, 9.17) is 0 Å². The molecule has 6 aliphatic rings. The number of carbonyl (C=O) groups is 2. The van der Waals surface area contributed by atoms with Crippen molar-refractivity contribution in [3.05, 3.63) is 0 Å². The van der Waals surface area contributed by atoms with Crippen molar-refractivity contribution in [3.63, 3.8) is 0 Å². The van der Waals surface area contributed by atoms with Gasteiger partial charge in [0.05, 0.1) is 11.8 Å². The zero-order valence-electron chi connectivity index (χ0n) is 14.7. The normalized spacial score (nSPS) is 56.5. The molecule has 2 amide bonds. The number of imide groups is 1. The Bertz CT molecular complexity index is 570. The summed E-state index contributed by atoms with van der Waals surface area (Å²) in [5, 5.41) is 10.7. The standard InChI is InChI=1S/C20H29N3O2/c24-19-15-13-9-5-1-3-7-11(9)21-17(13)18-14(16(15)20(25)23-19)10-6-2-4-8-12(10)22-18/h9-18,21-22H,1-8H2,(H,23,24,25). The van der Waals surface area contributed by atoms with Gasteiger partial charge < -0.3 is 10.6 Å². The Balaban J connectivity index is 1.44. The van der Waals surface area contributed by atoms with Gasteiger partial charge in [0.15, 0.2) is 0 Å². The first-order valence-electron chi connectivity index (χ1n) is 10.6. The van der Waals surface area contributed by atoms with Crippen LogP contribution in [0.4, 0.5) is 0 Å². The average molecular weight is 343 g/mol. The summed E-state index contributed by atoms with van der Waals surface area (Å²) in [5.74, 6) is 1.84. The lowest BCUT2D eigenvalue weighted by Gasteiger charge is -2.45. The van der Waals surface area contributed by atoms with Crippen molar-refractivity contribution < 1.29 is 9.59 Å². The van der Waals surface area contributed by atoms with Gasteiger partial charge in [-0.2, -0.15) is 0 Å². The molecule has 136 valence electrons. The number of amides is 2. The number of carbonyl (C=O) groups excluding carboxylic acids is 2. The topological polar surface area (TPSA) is 70.2 Å². The monoisotopic (exact) mass is 343 g/mol. The fourth-order valence-electron chi connectivity index (χ4n) is 8.01. The number of rotatable bonds is 0. The molecule has 6 rings (SSSR count). The fraction of sp³-hybridized carbons (Fsp3) is 0.900. The van der Waals surface area contributed by atoms with E-state index in [1.807, 2.05) is 0 Å². The summed E-state index contributed by atoms with van der Waals surface area (Å²) in [6.07, 6.45) is 10.1. The first kappa shape index (κ1) is 15.2. The number of nitrogens with one attached hydrogen (secondary N) is 3. The van der Waals surface area contributed by atoms with Gasteiger partial charge in [-0.3, -0.25) is 14.9 Å². The van der Waals surface area contributed by atoms with Crippen LogP contribution in [0.3, 0.4) is 0 Å². The quantitative estimate of drug-likeness (QED) is 0.578. The van der Waals surface area contributed by atoms with Crippen LogP contribution in [0.1, 0.15) is 51.4 Å². The van der Waals surface area contributed by atoms with Crippen LogP contribution >= 0.6 is 0 Å². The van der Waals surface area contributed by atoms with Crippen LogP contribution in [0, 0.1) is 35.5 Å². The molecule has 10 unspecified atom stereocenters. The lowest BCUT2D eigenvalue weighted by atomic mass is 9.57. The van der Waals surface area contributed by atoms with E-state index in [-0.39, 0.29) is 23.7 Å². The summed E-state index contributed by atoms with van der Waals surface area (Å²) in [4.78, 5) is 25.6. The minimum absolute atomic E-state index is 0.0377. The van der Waals surface area contributed by atoms with E-state index in [0.29, 0.717) is 47.8 Å². The molecule has 0 bridgehead atoms. The maximum Gasteiger partial charge on any atom is 0.230 e. The minimum atomic E-state index is -0.0678. The Morgan fingerprint density at radius 3 is 1.56 bits per heavy atom. The van der Waals surface area contributed by atoms with Crippen LogP contribution in [-0.4, -0.2) is 36.0 Å². The van der Waals surface area contributed by atoms with E-state index in [2.05, 4.69) is 16.0 Å². The van der Waals surface area contributed by atoms with Gasteiger partial charge in [0.1, 0.15) is 0 Å². The second-order valence-corrected chi connectivity index (χ2v) is 9.55. The van der Waals surface area contributed by atoms with Gasteiger partial charge in [-0.25, -0.2) is 0 Å². The predicted octanol–water partition coefficient (Wildman–Crippen LogP) is 1.18. The third-order valence-electron chi connectivity index (χ3n) is 8.73. The van der Waals surface area contributed by atoms with Gasteiger partial charge in [-0.15, -0.1) is 0 Å². The molecular formula is C20H29N3O2. The summed E-state index contributed by atoms with van der Waals surface area (Å²) < 4.78 is 0. The third kappa shape index (κ3) is 1.92. The SMILES string of the molecule is O=C1NC(=O)C2C1C1C3CCCCC3NC1C1NC3CCCCC3C12. The zero-order valence-corrected chi connectivity index (χ0v) is 14.7. The van der Waals surface area contributed by atoms with E-state index < -0.39 is 0 Å². The second-order valence-electron chi connectivity index (χ2n) is 9.55. The van der Waals surface area contributed by atoms with E-state index in [1.165, 1.54) is 51.4 Å². The smallest absolute Gasteiger partial charge is 0.230 e. The summed E-state index contributed by atoms with van der Waals surface area (Å²) >= 11 is 0. The highest BCUT2D eigenvalue weighted by Crippen LogP contribution is 2.57. The maximum atomic E-state index is 12.8. The van der Waals surface area contributed by atoms with Crippen molar-refractivity contribution in [2.45, 2.75) is 75.5 Å². The molecule has 0 aromatic heterocycles. The predicted molar refractivity (Wildman–Crippen MR) is 92.4 cm³/mol. The Kier molecular flexibility index (Phi) is 3.21. The van der Waals surface area contributed by atoms with Gasteiger partial charge in [0, 0.05) is 24.2 Å². The van der Waals surface area contributed by atoms with E-state index in [9.17, 15) is 9.59 Å². The molecule has 3 aliphatic carbocycles. The lowest BCUT2D eigenvalue weighted by Crippen LogP contribution is -2.58. The maximum absolute atomic E-state index is 12.8. The van der Waals surface area contributed by atoms with E-state index in [1.54, 1.807) is 0 Å².